The second-order valence-electron chi connectivity index (χ2n) is 5.54. The van der Waals surface area contributed by atoms with E-state index in [2.05, 4.69) is 10.6 Å². The van der Waals surface area contributed by atoms with Crippen molar-refractivity contribution in [1.82, 2.24) is 5.32 Å². The Morgan fingerprint density at radius 2 is 2.00 bits per heavy atom. The minimum absolute atomic E-state index is 0.201. The fourth-order valence-electron chi connectivity index (χ4n) is 1.62. The van der Waals surface area contributed by atoms with Crippen molar-refractivity contribution in [3.8, 4) is 6.07 Å². The number of nitrogens with one attached hydrogen (secondary N) is 2. The van der Waals surface area contributed by atoms with Gasteiger partial charge in [0.1, 0.15) is 6.04 Å². The summed E-state index contributed by atoms with van der Waals surface area (Å²) in [4.78, 5) is 23.1. The first-order valence-corrected chi connectivity index (χ1v) is 6.53. The van der Waals surface area contributed by atoms with Crippen LogP contribution in [-0.2, 0) is 4.79 Å². The average Bonchev–Trinajstić information content (AvgIpc) is 2.36. The lowest BCUT2D eigenvalue weighted by Gasteiger charge is -2.27. The summed E-state index contributed by atoms with van der Waals surface area (Å²) in [5.74, 6) is -1.12. The SMILES string of the molecule is CC(C)(C)C(NC(=O)Nc1ccc(C#N)cc1Cl)C(=O)O. The van der Waals surface area contributed by atoms with Gasteiger partial charge in [-0.05, 0) is 23.6 Å². The zero-order chi connectivity index (χ0) is 16.2. The molecule has 0 aromatic heterocycles. The molecule has 0 heterocycles. The number of carbonyl (C=O) groups excluding carboxylic acids is 1. The van der Waals surface area contributed by atoms with Gasteiger partial charge in [-0.2, -0.15) is 5.26 Å². The van der Waals surface area contributed by atoms with Gasteiger partial charge in [0.15, 0.2) is 0 Å². The number of rotatable bonds is 3. The summed E-state index contributed by atoms with van der Waals surface area (Å²) < 4.78 is 0. The number of anilines is 1. The third kappa shape index (κ3) is 4.65. The molecule has 0 saturated heterocycles. The minimum Gasteiger partial charge on any atom is -0.480 e. The molecule has 0 bridgehead atoms. The Labute approximate surface area is 127 Å². The molecular weight excluding hydrogens is 294 g/mol. The topological polar surface area (TPSA) is 102 Å². The van der Waals surface area contributed by atoms with E-state index in [1.165, 1.54) is 18.2 Å². The van der Waals surface area contributed by atoms with Crippen LogP contribution in [0.2, 0.25) is 5.02 Å². The molecule has 0 radical (unpaired) electrons. The standard InChI is InChI=1S/C14H16ClN3O3/c1-14(2,3)11(12(19)20)18-13(21)17-10-5-4-8(7-16)6-9(10)15/h4-6,11H,1-3H3,(H,19,20)(H2,17,18,21). The van der Waals surface area contributed by atoms with Gasteiger partial charge in [0.05, 0.1) is 22.3 Å². The monoisotopic (exact) mass is 309 g/mol. The maximum atomic E-state index is 11.9. The normalized spacial score (nSPS) is 12.1. The highest BCUT2D eigenvalue weighted by Crippen LogP contribution is 2.23. The Hall–Kier alpha value is -2.26. The van der Waals surface area contributed by atoms with Crippen molar-refractivity contribution < 1.29 is 14.7 Å². The second kappa shape index (κ2) is 6.46. The number of urea groups is 1. The first-order valence-electron chi connectivity index (χ1n) is 6.15. The summed E-state index contributed by atoms with van der Waals surface area (Å²) in [6.07, 6.45) is 0. The molecule has 7 heteroatoms. The Morgan fingerprint density at radius 3 is 2.43 bits per heavy atom. The quantitative estimate of drug-likeness (QED) is 0.798. The van der Waals surface area contributed by atoms with Gasteiger partial charge in [-0.1, -0.05) is 32.4 Å². The van der Waals surface area contributed by atoms with Crippen molar-refractivity contribution in [3.63, 3.8) is 0 Å². The van der Waals surface area contributed by atoms with E-state index in [9.17, 15) is 9.59 Å². The zero-order valence-electron chi connectivity index (χ0n) is 11.9. The van der Waals surface area contributed by atoms with Crippen molar-refractivity contribution >= 4 is 29.3 Å². The van der Waals surface area contributed by atoms with Crippen LogP contribution in [0.5, 0.6) is 0 Å². The summed E-state index contributed by atoms with van der Waals surface area (Å²) >= 11 is 5.93. The van der Waals surface area contributed by atoms with Crippen LogP contribution in [0, 0.1) is 16.7 Å². The van der Waals surface area contributed by atoms with E-state index in [0.29, 0.717) is 11.3 Å². The zero-order valence-corrected chi connectivity index (χ0v) is 12.7. The largest absolute Gasteiger partial charge is 0.480 e. The highest BCUT2D eigenvalue weighted by Gasteiger charge is 2.32. The molecule has 0 aliphatic heterocycles. The van der Waals surface area contributed by atoms with Crippen LogP contribution in [0.4, 0.5) is 10.5 Å². The van der Waals surface area contributed by atoms with Crippen molar-refractivity contribution in [3.05, 3.63) is 28.8 Å². The fourth-order valence-corrected chi connectivity index (χ4v) is 1.85. The number of hydrogen-bond acceptors (Lipinski definition) is 3. The van der Waals surface area contributed by atoms with Crippen LogP contribution in [0.25, 0.3) is 0 Å². The molecule has 0 saturated carbocycles. The van der Waals surface area contributed by atoms with Gasteiger partial charge in [0.2, 0.25) is 0 Å². The number of carboxylic acid groups (broad SMARTS) is 1. The van der Waals surface area contributed by atoms with E-state index in [-0.39, 0.29) is 5.02 Å². The molecule has 2 amide bonds. The second-order valence-corrected chi connectivity index (χ2v) is 5.95. The van der Waals surface area contributed by atoms with Crippen LogP contribution in [-0.4, -0.2) is 23.1 Å². The summed E-state index contributed by atoms with van der Waals surface area (Å²) in [7, 11) is 0. The number of carboxylic acids is 1. The number of amides is 2. The van der Waals surface area contributed by atoms with E-state index in [0.717, 1.165) is 0 Å². The minimum atomic E-state index is -1.12. The predicted octanol–water partition coefficient (Wildman–Crippen LogP) is 2.83. The number of halogens is 1. The van der Waals surface area contributed by atoms with Gasteiger partial charge < -0.3 is 15.7 Å². The van der Waals surface area contributed by atoms with Crippen LogP contribution >= 0.6 is 11.6 Å². The molecule has 1 atom stereocenters. The highest BCUT2D eigenvalue weighted by molar-refractivity contribution is 6.33. The lowest BCUT2D eigenvalue weighted by molar-refractivity contribution is -0.141. The Balaban J connectivity index is 2.82. The molecule has 6 nitrogen and oxygen atoms in total. The maximum Gasteiger partial charge on any atom is 0.326 e. The summed E-state index contributed by atoms with van der Waals surface area (Å²) in [6, 6.07) is 4.59. The van der Waals surface area contributed by atoms with Crippen molar-refractivity contribution in [1.29, 1.82) is 5.26 Å². The number of benzene rings is 1. The number of aliphatic carboxylic acids is 1. The maximum absolute atomic E-state index is 11.9. The first kappa shape index (κ1) is 16.8. The van der Waals surface area contributed by atoms with Crippen molar-refractivity contribution in [2.45, 2.75) is 26.8 Å². The van der Waals surface area contributed by atoms with Crippen LogP contribution in [0.1, 0.15) is 26.3 Å². The van der Waals surface area contributed by atoms with Gasteiger partial charge in [-0.15, -0.1) is 0 Å². The Kier molecular flexibility index (Phi) is 5.17. The first-order chi connectivity index (χ1) is 9.65. The van der Waals surface area contributed by atoms with E-state index in [4.69, 9.17) is 22.0 Å². The van der Waals surface area contributed by atoms with Gasteiger partial charge in [0, 0.05) is 0 Å². The molecule has 1 rings (SSSR count). The Morgan fingerprint density at radius 1 is 1.38 bits per heavy atom. The molecule has 0 fully saturated rings. The lowest BCUT2D eigenvalue weighted by Crippen LogP contribution is -2.50. The van der Waals surface area contributed by atoms with Crippen LogP contribution in [0.3, 0.4) is 0 Å². The summed E-state index contributed by atoms with van der Waals surface area (Å²) in [5.41, 5.74) is 0.0211. The summed E-state index contributed by atoms with van der Waals surface area (Å²) in [5, 5.41) is 22.9. The molecule has 0 aliphatic rings. The number of nitriles is 1. The third-order valence-corrected chi connectivity index (χ3v) is 3.05. The predicted molar refractivity (Wildman–Crippen MR) is 79.2 cm³/mol. The van der Waals surface area contributed by atoms with Gasteiger partial charge >= 0.3 is 12.0 Å². The van der Waals surface area contributed by atoms with Crippen molar-refractivity contribution in [2.75, 3.05) is 5.32 Å². The lowest BCUT2D eigenvalue weighted by atomic mass is 9.87. The van der Waals surface area contributed by atoms with E-state index in [1.807, 2.05) is 6.07 Å². The molecular formula is C14H16ClN3O3. The van der Waals surface area contributed by atoms with Crippen molar-refractivity contribution in [2.24, 2.45) is 5.41 Å². The molecule has 1 aromatic rings. The molecule has 3 N–H and O–H groups in total. The smallest absolute Gasteiger partial charge is 0.326 e. The Bertz CT molecular complexity index is 602. The van der Waals surface area contributed by atoms with E-state index >= 15 is 0 Å². The average molecular weight is 310 g/mol. The van der Waals surface area contributed by atoms with Gasteiger partial charge in [-0.25, -0.2) is 9.59 Å². The molecule has 1 unspecified atom stereocenters. The molecule has 0 aliphatic carbocycles. The van der Waals surface area contributed by atoms with E-state index in [1.54, 1.807) is 20.8 Å². The van der Waals surface area contributed by atoms with Gasteiger partial charge in [-0.3, -0.25) is 0 Å². The van der Waals surface area contributed by atoms with Crippen LogP contribution in [0.15, 0.2) is 18.2 Å². The molecule has 1 aromatic carbocycles. The number of nitrogens with zero attached hydrogens (tertiary/aromatic N) is 1. The molecule has 0 spiro atoms. The van der Waals surface area contributed by atoms with Crippen LogP contribution < -0.4 is 10.6 Å². The number of hydrogen-bond donors (Lipinski definition) is 3. The third-order valence-electron chi connectivity index (χ3n) is 2.73. The fraction of sp³-hybridized carbons (Fsp3) is 0.357. The van der Waals surface area contributed by atoms with E-state index < -0.39 is 23.5 Å². The molecule has 21 heavy (non-hydrogen) atoms. The molecule has 112 valence electrons. The van der Waals surface area contributed by atoms with Gasteiger partial charge in [0.25, 0.3) is 0 Å². The highest BCUT2D eigenvalue weighted by atomic mass is 35.5. The number of carbonyl (C=O) groups is 2. The summed E-state index contributed by atoms with van der Waals surface area (Å²) in [6.45, 7) is 5.13.